The first-order valence-electron chi connectivity index (χ1n) is 4.23. The van der Waals surface area contributed by atoms with Gasteiger partial charge in [0.15, 0.2) is 0 Å². The molecule has 2 nitrogen and oxygen atoms in total. The summed E-state index contributed by atoms with van der Waals surface area (Å²) in [6, 6.07) is 0. The lowest BCUT2D eigenvalue weighted by Crippen LogP contribution is -1.77. The Morgan fingerprint density at radius 2 is 2.38 bits per heavy atom. The number of nitrogens with zero attached hydrogens (tertiary/aromatic N) is 1. The van der Waals surface area contributed by atoms with Crippen LogP contribution in [0.4, 0.5) is 0 Å². The maximum absolute atomic E-state index is 3.90. The van der Waals surface area contributed by atoms with Gasteiger partial charge in [-0.2, -0.15) is 5.10 Å². The summed E-state index contributed by atoms with van der Waals surface area (Å²) in [7, 11) is 0. The zero-order valence-electron chi connectivity index (χ0n) is 8.04. The van der Waals surface area contributed by atoms with Gasteiger partial charge in [-0.1, -0.05) is 30.4 Å². The molecule has 0 bridgehead atoms. The van der Waals surface area contributed by atoms with Gasteiger partial charge in [0.1, 0.15) is 0 Å². The molecule has 0 atom stereocenters. The fourth-order valence-corrected chi connectivity index (χ4v) is 1.08. The van der Waals surface area contributed by atoms with Crippen molar-refractivity contribution in [2.45, 2.75) is 13.8 Å². The fourth-order valence-electron chi connectivity index (χ4n) is 1.08. The topological polar surface area (TPSA) is 28.7 Å². The lowest BCUT2D eigenvalue weighted by atomic mass is 10.1. The van der Waals surface area contributed by atoms with Gasteiger partial charge in [-0.3, -0.25) is 5.10 Å². The van der Waals surface area contributed by atoms with Crippen molar-refractivity contribution in [3.05, 3.63) is 48.3 Å². The molecule has 0 aromatic carbocycles. The number of aromatic amines is 1. The Labute approximate surface area is 78.7 Å². The Morgan fingerprint density at radius 3 is 2.85 bits per heavy atom. The smallest absolute Gasteiger partial charge is 0.0565 e. The number of hydrogen-bond donors (Lipinski definition) is 1. The Bertz CT molecular complexity index is 329. The molecule has 0 saturated heterocycles. The van der Waals surface area contributed by atoms with Crippen LogP contribution in [0.2, 0.25) is 0 Å². The zero-order valence-corrected chi connectivity index (χ0v) is 8.04. The molecule has 1 rings (SSSR count). The highest BCUT2D eigenvalue weighted by molar-refractivity contribution is 5.74. The molecular weight excluding hydrogens is 160 g/mol. The third-order valence-corrected chi connectivity index (χ3v) is 1.58. The van der Waals surface area contributed by atoms with Gasteiger partial charge in [-0.15, -0.1) is 0 Å². The first kappa shape index (κ1) is 9.52. The van der Waals surface area contributed by atoms with Crippen LogP contribution in [0, 0.1) is 0 Å². The molecule has 0 saturated carbocycles. The molecule has 13 heavy (non-hydrogen) atoms. The maximum Gasteiger partial charge on any atom is 0.0565 e. The first-order valence-corrected chi connectivity index (χ1v) is 4.23. The maximum atomic E-state index is 3.90. The van der Waals surface area contributed by atoms with Crippen LogP contribution in [0.3, 0.4) is 0 Å². The summed E-state index contributed by atoms with van der Waals surface area (Å²) in [5.74, 6) is 0. The average Bonchev–Trinajstić information content (AvgIpc) is 2.54. The van der Waals surface area contributed by atoms with E-state index < -0.39 is 0 Å². The highest BCUT2D eigenvalue weighted by Gasteiger charge is 1.97. The second-order valence-corrected chi connectivity index (χ2v) is 2.93. The monoisotopic (exact) mass is 174 g/mol. The lowest BCUT2D eigenvalue weighted by molar-refractivity contribution is 1.09. The average molecular weight is 174 g/mol. The van der Waals surface area contributed by atoms with E-state index in [9.17, 15) is 0 Å². The molecule has 68 valence electrons. The second-order valence-electron chi connectivity index (χ2n) is 2.93. The van der Waals surface area contributed by atoms with Crippen LogP contribution in [0.5, 0.6) is 0 Å². The van der Waals surface area contributed by atoms with Gasteiger partial charge >= 0.3 is 0 Å². The summed E-state index contributed by atoms with van der Waals surface area (Å²) in [5, 5.41) is 6.69. The second kappa shape index (κ2) is 4.45. The Hall–Kier alpha value is -1.57. The summed E-state index contributed by atoms with van der Waals surface area (Å²) in [5.41, 5.74) is 3.25. The zero-order chi connectivity index (χ0) is 9.68. The number of rotatable bonds is 3. The van der Waals surface area contributed by atoms with E-state index in [4.69, 9.17) is 0 Å². The summed E-state index contributed by atoms with van der Waals surface area (Å²) in [6.45, 7) is 7.81. The van der Waals surface area contributed by atoms with E-state index in [1.807, 2.05) is 38.3 Å². The van der Waals surface area contributed by atoms with Gasteiger partial charge in [0, 0.05) is 11.8 Å². The molecule has 0 aliphatic carbocycles. The summed E-state index contributed by atoms with van der Waals surface area (Å²) < 4.78 is 0. The van der Waals surface area contributed by atoms with E-state index in [1.54, 1.807) is 6.20 Å². The molecule has 1 heterocycles. The minimum absolute atomic E-state index is 1.04. The normalized spacial score (nSPS) is 12.3. The minimum Gasteiger partial charge on any atom is -0.285 e. The number of H-pyrrole nitrogens is 1. The van der Waals surface area contributed by atoms with Crippen molar-refractivity contribution < 1.29 is 0 Å². The van der Waals surface area contributed by atoms with E-state index in [2.05, 4.69) is 16.8 Å². The molecule has 0 aliphatic rings. The molecule has 0 spiro atoms. The van der Waals surface area contributed by atoms with Crippen LogP contribution in [0.25, 0.3) is 5.57 Å². The van der Waals surface area contributed by atoms with Crippen LogP contribution in [0.1, 0.15) is 19.4 Å². The summed E-state index contributed by atoms with van der Waals surface area (Å²) >= 11 is 0. The molecular formula is C11H14N2. The molecule has 2 heteroatoms. The van der Waals surface area contributed by atoms with Crippen LogP contribution in [-0.4, -0.2) is 10.2 Å². The van der Waals surface area contributed by atoms with E-state index in [-0.39, 0.29) is 0 Å². The van der Waals surface area contributed by atoms with Crippen molar-refractivity contribution in [2.24, 2.45) is 0 Å². The molecule has 0 amide bonds. The highest BCUT2D eigenvalue weighted by atomic mass is 15.1. The van der Waals surface area contributed by atoms with Crippen LogP contribution in [-0.2, 0) is 0 Å². The number of nitrogens with one attached hydrogen (secondary N) is 1. The van der Waals surface area contributed by atoms with E-state index in [0.717, 1.165) is 16.7 Å². The molecule has 1 N–H and O–H groups in total. The lowest BCUT2D eigenvalue weighted by Gasteiger charge is -1.97. The quantitative estimate of drug-likeness (QED) is 0.701. The molecule has 0 unspecified atom stereocenters. The van der Waals surface area contributed by atoms with Crippen molar-refractivity contribution in [1.82, 2.24) is 10.2 Å². The molecule has 0 fully saturated rings. The Kier molecular flexibility index (Phi) is 3.26. The van der Waals surface area contributed by atoms with Crippen LogP contribution >= 0.6 is 0 Å². The largest absolute Gasteiger partial charge is 0.285 e. The van der Waals surface area contributed by atoms with Crippen molar-refractivity contribution in [2.75, 3.05) is 0 Å². The standard InChI is InChI=1S/C11H14N2/c1-4-5-10(6-9(2)3)11-7-12-13-8-11/h4-8H,2H2,1,3H3,(H,12,13). The molecule has 0 radical (unpaired) electrons. The highest BCUT2D eigenvalue weighted by Crippen LogP contribution is 2.15. The van der Waals surface area contributed by atoms with Gasteiger partial charge in [-0.25, -0.2) is 0 Å². The third kappa shape index (κ3) is 2.75. The van der Waals surface area contributed by atoms with Crippen molar-refractivity contribution in [3.63, 3.8) is 0 Å². The third-order valence-electron chi connectivity index (χ3n) is 1.58. The van der Waals surface area contributed by atoms with Gasteiger partial charge in [0.25, 0.3) is 0 Å². The summed E-state index contributed by atoms with van der Waals surface area (Å²) in [6.07, 6.45) is 9.75. The number of hydrogen-bond acceptors (Lipinski definition) is 1. The van der Waals surface area contributed by atoms with Crippen LogP contribution < -0.4 is 0 Å². The molecule has 0 aliphatic heterocycles. The Morgan fingerprint density at radius 1 is 1.62 bits per heavy atom. The Balaban J connectivity index is 3.00. The fraction of sp³-hybridized carbons (Fsp3) is 0.182. The van der Waals surface area contributed by atoms with Crippen molar-refractivity contribution >= 4 is 5.57 Å². The number of aromatic nitrogens is 2. The van der Waals surface area contributed by atoms with Gasteiger partial charge in [-0.05, 0) is 19.4 Å². The summed E-state index contributed by atoms with van der Waals surface area (Å²) in [4.78, 5) is 0. The molecule has 1 aromatic rings. The van der Waals surface area contributed by atoms with E-state index in [0.29, 0.717) is 0 Å². The molecule has 1 aromatic heterocycles. The van der Waals surface area contributed by atoms with Gasteiger partial charge in [0.05, 0.1) is 6.20 Å². The predicted molar refractivity (Wildman–Crippen MR) is 56.2 cm³/mol. The van der Waals surface area contributed by atoms with Crippen molar-refractivity contribution in [3.8, 4) is 0 Å². The van der Waals surface area contributed by atoms with Gasteiger partial charge < -0.3 is 0 Å². The van der Waals surface area contributed by atoms with E-state index in [1.165, 1.54) is 0 Å². The number of allylic oxidation sites excluding steroid dienone is 5. The first-order chi connectivity index (χ1) is 6.24. The van der Waals surface area contributed by atoms with E-state index >= 15 is 0 Å². The van der Waals surface area contributed by atoms with Crippen LogP contribution in [0.15, 0.2) is 42.8 Å². The minimum atomic E-state index is 1.04. The SMILES string of the molecule is C=C(C)C=C(C=CC)c1cn[nH]c1. The predicted octanol–water partition coefficient (Wildman–Crippen LogP) is 2.95. The van der Waals surface area contributed by atoms with Gasteiger partial charge in [0.2, 0.25) is 0 Å². The van der Waals surface area contributed by atoms with Crippen molar-refractivity contribution in [1.29, 1.82) is 0 Å².